The topological polar surface area (TPSA) is 84.3 Å². The van der Waals surface area contributed by atoms with Gasteiger partial charge in [0.1, 0.15) is 0 Å². The van der Waals surface area contributed by atoms with Crippen LogP contribution in [-0.2, 0) is 20.4 Å². The predicted octanol–water partition coefficient (Wildman–Crippen LogP) is 3.98. The number of hydrogen-bond donors (Lipinski definition) is 1. The average molecular weight is 439 g/mol. The molecule has 8 heteroatoms. The third kappa shape index (κ3) is 4.34. The van der Waals surface area contributed by atoms with E-state index in [-0.39, 0.29) is 17.2 Å². The summed E-state index contributed by atoms with van der Waals surface area (Å²) in [6.07, 6.45) is 3.79. The summed E-state index contributed by atoms with van der Waals surface area (Å²) in [5, 5.41) is 2.88. The first-order chi connectivity index (χ1) is 14.6. The van der Waals surface area contributed by atoms with Crippen molar-refractivity contribution in [2.75, 3.05) is 21.9 Å². The van der Waals surface area contributed by atoms with Crippen molar-refractivity contribution in [3.63, 3.8) is 0 Å². The van der Waals surface area contributed by atoms with Gasteiger partial charge < -0.3 is 4.57 Å². The average Bonchev–Trinajstić information content (AvgIpc) is 3.25. The number of para-hydroxylation sites is 2. The van der Waals surface area contributed by atoms with Gasteiger partial charge in [-0.1, -0.05) is 24.3 Å². The van der Waals surface area contributed by atoms with Crippen LogP contribution in [0.25, 0.3) is 17.1 Å². The van der Waals surface area contributed by atoms with E-state index < -0.39 is 10.0 Å². The van der Waals surface area contributed by atoms with Gasteiger partial charge in [-0.2, -0.15) is 0 Å². The molecule has 31 heavy (non-hydrogen) atoms. The molecule has 1 saturated heterocycles. The number of carbonyl (C=O) groups is 1. The Morgan fingerprint density at radius 3 is 2.45 bits per heavy atom. The van der Waals surface area contributed by atoms with Crippen molar-refractivity contribution < 1.29 is 13.2 Å². The zero-order valence-electron chi connectivity index (χ0n) is 17.9. The highest BCUT2D eigenvalue weighted by molar-refractivity contribution is 7.93. The summed E-state index contributed by atoms with van der Waals surface area (Å²) in [5.41, 5.74) is 2.98. The smallest absolute Gasteiger partial charge is 0.250 e. The Morgan fingerprint density at radius 1 is 1.10 bits per heavy atom. The van der Waals surface area contributed by atoms with Crippen molar-refractivity contribution in [3.8, 4) is 0 Å². The van der Waals surface area contributed by atoms with Gasteiger partial charge in [0.2, 0.25) is 16.0 Å². The molecule has 1 aliphatic heterocycles. The molecule has 162 valence electrons. The molecule has 7 nitrogen and oxygen atoms in total. The first-order valence-corrected chi connectivity index (χ1v) is 11.8. The van der Waals surface area contributed by atoms with E-state index in [9.17, 15) is 13.2 Å². The lowest BCUT2D eigenvalue weighted by atomic mass is 10.1. The largest absolute Gasteiger partial charge is 0.305 e. The minimum Gasteiger partial charge on any atom is -0.305 e. The Morgan fingerprint density at radius 2 is 1.81 bits per heavy atom. The Hall–Kier alpha value is -3.13. The Balaban J connectivity index is 1.51. The fraction of sp³-hybridized carbons (Fsp3) is 0.304. The molecule has 2 heterocycles. The molecule has 4 rings (SSSR count). The lowest BCUT2D eigenvalue weighted by Crippen LogP contribution is -2.25. The molecule has 0 spiro atoms. The van der Waals surface area contributed by atoms with Gasteiger partial charge in [-0.25, -0.2) is 13.4 Å². The first kappa shape index (κ1) is 21.1. The third-order valence-corrected chi connectivity index (χ3v) is 7.04. The number of fused-ring (bicyclic) bond motifs is 1. The van der Waals surface area contributed by atoms with Crippen LogP contribution in [0.15, 0.2) is 54.6 Å². The Labute approximate surface area is 182 Å². The molecule has 0 bridgehead atoms. The molecule has 1 aliphatic rings. The van der Waals surface area contributed by atoms with Crippen molar-refractivity contribution >= 4 is 44.7 Å². The summed E-state index contributed by atoms with van der Waals surface area (Å²) in [6, 6.07) is 14.9. The number of imidazole rings is 1. The number of sulfonamides is 1. The van der Waals surface area contributed by atoms with Crippen molar-refractivity contribution in [1.29, 1.82) is 0 Å². The maximum absolute atomic E-state index is 12.6. The second kappa shape index (κ2) is 7.85. The van der Waals surface area contributed by atoms with Gasteiger partial charge in [0.05, 0.1) is 22.5 Å². The molecule has 1 aromatic heterocycles. The minimum atomic E-state index is -3.20. The number of rotatable bonds is 4. The molecule has 1 amide bonds. The van der Waals surface area contributed by atoms with Crippen molar-refractivity contribution in [2.45, 2.75) is 32.7 Å². The minimum absolute atomic E-state index is 0.189. The number of hydrogen-bond acceptors (Lipinski definition) is 4. The van der Waals surface area contributed by atoms with Crippen LogP contribution >= 0.6 is 0 Å². The highest BCUT2D eigenvalue weighted by atomic mass is 32.2. The van der Waals surface area contributed by atoms with Crippen LogP contribution in [-0.4, -0.2) is 36.2 Å². The zero-order chi connectivity index (χ0) is 22.2. The molecule has 0 radical (unpaired) electrons. The SMILES string of the molecule is CC(C)(C)n1c(NC(=O)/C=C/c2ccc(N3CCCS3(=O)=O)cc2)nc2ccccc21. The van der Waals surface area contributed by atoms with E-state index in [1.807, 2.05) is 28.8 Å². The van der Waals surface area contributed by atoms with Gasteiger partial charge in [-0.05, 0) is 63.1 Å². The maximum atomic E-state index is 12.6. The van der Waals surface area contributed by atoms with E-state index in [1.165, 1.54) is 10.4 Å². The van der Waals surface area contributed by atoms with E-state index in [1.54, 1.807) is 30.3 Å². The quantitative estimate of drug-likeness (QED) is 0.625. The van der Waals surface area contributed by atoms with Gasteiger partial charge >= 0.3 is 0 Å². The van der Waals surface area contributed by atoms with E-state index in [4.69, 9.17) is 0 Å². The van der Waals surface area contributed by atoms with Crippen LogP contribution in [0.4, 0.5) is 11.6 Å². The number of carbonyl (C=O) groups excluding carboxylic acids is 1. The number of amides is 1. The number of nitrogens with zero attached hydrogens (tertiary/aromatic N) is 3. The third-order valence-electron chi connectivity index (χ3n) is 5.17. The molecule has 0 saturated carbocycles. The lowest BCUT2D eigenvalue weighted by molar-refractivity contribution is -0.111. The molecule has 2 aromatic carbocycles. The van der Waals surface area contributed by atoms with Crippen molar-refractivity contribution in [2.24, 2.45) is 0 Å². The second-order valence-corrected chi connectivity index (χ2v) is 10.6. The summed E-state index contributed by atoms with van der Waals surface area (Å²) < 4.78 is 27.5. The molecule has 0 unspecified atom stereocenters. The fourth-order valence-corrected chi connectivity index (χ4v) is 5.36. The molecule has 1 fully saturated rings. The zero-order valence-corrected chi connectivity index (χ0v) is 18.7. The van der Waals surface area contributed by atoms with E-state index in [0.29, 0.717) is 24.6 Å². The summed E-state index contributed by atoms with van der Waals surface area (Å²) >= 11 is 0. The predicted molar refractivity (Wildman–Crippen MR) is 125 cm³/mol. The maximum Gasteiger partial charge on any atom is 0.250 e. The van der Waals surface area contributed by atoms with Crippen LogP contribution < -0.4 is 9.62 Å². The number of aromatic nitrogens is 2. The Kier molecular flexibility index (Phi) is 5.35. The number of anilines is 2. The molecular weight excluding hydrogens is 412 g/mol. The summed E-state index contributed by atoms with van der Waals surface area (Å²) in [6.45, 7) is 6.70. The van der Waals surface area contributed by atoms with E-state index >= 15 is 0 Å². The number of benzene rings is 2. The fourth-order valence-electron chi connectivity index (χ4n) is 3.79. The summed E-state index contributed by atoms with van der Waals surface area (Å²) in [7, 11) is -3.20. The normalized spacial score (nSPS) is 16.3. The number of nitrogens with one attached hydrogen (secondary N) is 1. The Bertz CT molecular complexity index is 1250. The summed E-state index contributed by atoms with van der Waals surface area (Å²) in [4.78, 5) is 17.1. The van der Waals surface area contributed by atoms with Crippen LogP contribution in [0, 0.1) is 0 Å². The van der Waals surface area contributed by atoms with Crippen molar-refractivity contribution in [1.82, 2.24) is 9.55 Å². The highest BCUT2D eigenvalue weighted by Crippen LogP contribution is 2.28. The van der Waals surface area contributed by atoms with Crippen LogP contribution in [0.1, 0.15) is 32.8 Å². The molecule has 3 aromatic rings. The summed E-state index contributed by atoms with van der Waals surface area (Å²) in [5.74, 6) is 0.402. The standard InChI is InChI=1S/C23H26N4O3S/c1-23(2,3)27-20-8-5-4-7-19(20)24-22(27)25-21(28)14-11-17-9-12-18(13-10-17)26-15-6-16-31(26,29)30/h4-5,7-14H,6,15-16H2,1-3H3,(H,24,25,28)/b14-11+. The van der Waals surface area contributed by atoms with Gasteiger partial charge in [0.15, 0.2) is 0 Å². The monoisotopic (exact) mass is 438 g/mol. The lowest BCUT2D eigenvalue weighted by Gasteiger charge is -2.24. The first-order valence-electron chi connectivity index (χ1n) is 10.2. The molecule has 0 atom stereocenters. The molecule has 1 N–H and O–H groups in total. The van der Waals surface area contributed by atoms with E-state index in [2.05, 4.69) is 31.1 Å². The van der Waals surface area contributed by atoms with Gasteiger partial charge in [-0.15, -0.1) is 0 Å². The molecular formula is C23H26N4O3S. The molecule has 0 aliphatic carbocycles. The van der Waals surface area contributed by atoms with Gasteiger partial charge in [-0.3, -0.25) is 14.4 Å². The van der Waals surface area contributed by atoms with E-state index in [0.717, 1.165) is 16.6 Å². The van der Waals surface area contributed by atoms with Crippen LogP contribution in [0.3, 0.4) is 0 Å². The van der Waals surface area contributed by atoms with Crippen LogP contribution in [0.5, 0.6) is 0 Å². The van der Waals surface area contributed by atoms with Gasteiger partial charge in [0, 0.05) is 18.2 Å². The highest BCUT2D eigenvalue weighted by Gasteiger charge is 2.28. The van der Waals surface area contributed by atoms with Crippen LogP contribution in [0.2, 0.25) is 0 Å². The second-order valence-electron chi connectivity index (χ2n) is 8.59. The van der Waals surface area contributed by atoms with Gasteiger partial charge in [0.25, 0.3) is 5.91 Å². The van der Waals surface area contributed by atoms with Crippen molar-refractivity contribution in [3.05, 3.63) is 60.2 Å².